The van der Waals surface area contributed by atoms with E-state index in [4.69, 9.17) is 0 Å². The first-order valence-electron chi connectivity index (χ1n) is 13.8. The van der Waals surface area contributed by atoms with Gasteiger partial charge in [0.2, 0.25) is 17.7 Å². The number of carbonyl (C=O) groups excluding carboxylic acids is 5. The van der Waals surface area contributed by atoms with E-state index in [-0.39, 0.29) is 55.5 Å². The minimum atomic E-state index is -0.951. The molecule has 3 N–H and O–H groups in total. The average molecular weight is 592 g/mol. The van der Waals surface area contributed by atoms with Gasteiger partial charge in [-0.1, -0.05) is 49.4 Å². The van der Waals surface area contributed by atoms with Gasteiger partial charge in [0, 0.05) is 24.8 Å². The van der Waals surface area contributed by atoms with Crippen LogP contribution in [0, 0.1) is 5.92 Å². The molecule has 2 aliphatic heterocycles. The molecule has 0 saturated carbocycles. The number of aromatic nitrogens is 3. The molecule has 4 heterocycles. The van der Waals surface area contributed by atoms with Crippen molar-refractivity contribution < 1.29 is 24.0 Å². The Morgan fingerprint density at radius 3 is 2.52 bits per heavy atom. The van der Waals surface area contributed by atoms with Crippen LogP contribution in [-0.4, -0.2) is 74.0 Å². The first kappa shape index (κ1) is 29.1. The number of nitrogens with zero attached hydrogens (tertiary/aromatic N) is 4. The maximum absolute atomic E-state index is 13.8. The molecule has 0 spiro atoms. The van der Waals surface area contributed by atoms with Gasteiger partial charge in [-0.05, 0) is 24.5 Å². The molecule has 1 fully saturated rings. The molecule has 4 bridgehead atoms. The smallest absolute Gasteiger partial charge is 0.255 e. The highest BCUT2D eigenvalue weighted by atomic mass is 32.1. The summed E-state index contributed by atoms with van der Waals surface area (Å²) in [6, 6.07) is 7.76. The van der Waals surface area contributed by atoms with Gasteiger partial charge in [0.25, 0.3) is 5.91 Å². The molecule has 2 aromatic heterocycles. The minimum Gasteiger partial charge on any atom is -0.349 e. The summed E-state index contributed by atoms with van der Waals surface area (Å²) in [4.78, 5) is 67.9. The molecule has 5 rings (SSSR count). The number of thiophene rings is 1. The molecule has 0 unspecified atom stereocenters. The second kappa shape index (κ2) is 12.2. The number of benzene rings is 1. The molecular formula is C29H33N7O5S. The maximum Gasteiger partial charge on any atom is 0.255 e. The third-order valence-electron chi connectivity index (χ3n) is 7.57. The summed E-state index contributed by atoms with van der Waals surface area (Å²) in [6.07, 6.45) is 2.19. The molecule has 0 aliphatic carbocycles. The lowest BCUT2D eigenvalue weighted by molar-refractivity contribution is -0.134. The number of hydrogen-bond acceptors (Lipinski definition) is 8. The van der Waals surface area contributed by atoms with Gasteiger partial charge in [0.15, 0.2) is 5.78 Å². The summed E-state index contributed by atoms with van der Waals surface area (Å²) >= 11 is 1.18. The van der Waals surface area contributed by atoms with Crippen molar-refractivity contribution in [1.29, 1.82) is 0 Å². The number of amides is 4. The van der Waals surface area contributed by atoms with Crippen molar-refractivity contribution in [3.05, 3.63) is 69.7 Å². The van der Waals surface area contributed by atoms with E-state index in [0.717, 1.165) is 5.56 Å². The molecule has 3 aromatic rings. The number of Topliss-reactive ketones (excluding diaryl/α,β-unsaturated/α-hetero) is 1. The SMILES string of the molecule is CC(=O)c1cc(C(=O)N2C[C@@H]3C[C@H]2C(=O)N[C@@H](C(C)C)C(=O)N[C@H](Cc2ccccc2)C(=O)NCc2cn3nn2)cs1. The minimum absolute atomic E-state index is 0.0896. The summed E-state index contributed by atoms with van der Waals surface area (Å²) in [5, 5.41) is 18.5. The number of hydrogen-bond donors (Lipinski definition) is 3. The molecule has 1 aromatic carbocycles. The number of nitrogens with one attached hydrogen (secondary N) is 3. The summed E-state index contributed by atoms with van der Waals surface area (Å²) < 4.78 is 1.61. The number of likely N-dealkylation sites (tertiary alicyclic amines) is 1. The van der Waals surface area contributed by atoms with Crippen molar-refractivity contribution in [1.82, 2.24) is 35.8 Å². The molecule has 13 heteroatoms. The monoisotopic (exact) mass is 591 g/mol. The number of carbonyl (C=O) groups is 5. The Hall–Kier alpha value is -4.39. The second-order valence-electron chi connectivity index (χ2n) is 11.0. The Kier molecular flexibility index (Phi) is 8.48. The highest BCUT2D eigenvalue weighted by Gasteiger charge is 2.43. The second-order valence-corrected chi connectivity index (χ2v) is 11.9. The van der Waals surface area contributed by atoms with Crippen LogP contribution in [0.3, 0.4) is 0 Å². The molecule has 0 radical (unpaired) electrons. The maximum atomic E-state index is 13.8. The van der Waals surface area contributed by atoms with Crippen LogP contribution in [0.4, 0.5) is 0 Å². The molecule has 12 nitrogen and oxygen atoms in total. The topological polar surface area (TPSA) is 155 Å². The largest absolute Gasteiger partial charge is 0.349 e. The molecule has 4 amide bonds. The Labute approximate surface area is 246 Å². The van der Waals surface area contributed by atoms with Crippen molar-refractivity contribution in [2.45, 2.75) is 64.3 Å². The van der Waals surface area contributed by atoms with E-state index in [1.807, 2.05) is 30.3 Å². The quantitative estimate of drug-likeness (QED) is 0.380. The first-order chi connectivity index (χ1) is 20.1. The van der Waals surface area contributed by atoms with Gasteiger partial charge in [0.1, 0.15) is 23.8 Å². The normalized spacial score (nSPS) is 23.0. The van der Waals surface area contributed by atoms with Crippen LogP contribution < -0.4 is 16.0 Å². The molecule has 2 aliphatic rings. The summed E-state index contributed by atoms with van der Waals surface area (Å²) in [5.74, 6) is -2.20. The highest BCUT2D eigenvalue weighted by molar-refractivity contribution is 7.12. The van der Waals surface area contributed by atoms with Gasteiger partial charge >= 0.3 is 0 Å². The Morgan fingerprint density at radius 2 is 1.83 bits per heavy atom. The zero-order chi connectivity index (χ0) is 30.0. The van der Waals surface area contributed by atoms with Crippen molar-refractivity contribution in [3.63, 3.8) is 0 Å². The van der Waals surface area contributed by atoms with Crippen LogP contribution >= 0.6 is 11.3 Å². The first-order valence-corrected chi connectivity index (χ1v) is 14.7. The van der Waals surface area contributed by atoms with E-state index >= 15 is 0 Å². The molecular weight excluding hydrogens is 558 g/mol. The van der Waals surface area contributed by atoms with Gasteiger partial charge in [0.05, 0.1) is 29.2 Å². The predicted molar refractivity (Wildman–Crippen MR) is 154 cm³/mol. The Balaban J connectivity index is 1.46. The van der Waals surface area contributed by atoms with E-state index in [9.17, 15) is 24.0 Å². The Morgan fingerprint density at radius 1 is 1.07 bits per heavy atom. The fourth-order valence-corrected chi connectivity index (χ4v) is 6.04. The fraction of sp³-hybridized carbons (Fsp3) is 0.414. The molecule has 1 saturated heterocycles. The van der Waals surface area contributed by atoms with Gasteiger partial charge in [-0.25, -0.2) is 4.68 Å². The number of ketones is 1. The summed E-state index contributed by atoms with van der Waals surface area (Å²) in [7, 11) is 0. The van der Waals surface area contributed by atoms with Crippen LogP contribution in [0.2, 0.25) is 0 Å². The lowest BCUT2D eigenvalue weighted by atomic mass is 10.00. The van der Waals surface area contributed by atoms with E-state index in [1.165, 1.54) is 29.2 Å². The van der Waals surface area contributed by atoms with Crippen molar-refractivity contribution in [2.24, 2.45) is 5.92 Å². The summed E-state index contributed by atoms with van der Waals surface area (Å²) in [6.45, 7) is 5.30. The van der Waals surface area contributed by atoms with Gasteiger partial charge in [-0.3, -0.25) is 24.0 Å². The van der Waals surface area contributed by atoms with E-state index in [1.54, 1.807) is 30.1 Å². The summed E-state index contributed by atoms with van der Waals surface area (Å²) in [5.41, 5.74) is 1.68. The van der Waals surface area contributed by atoms with Crippen LogP contribution in [-0.2, 0) is 27.3 Å². The number of rotatable bonds is 5. The fourth-order valence-electron chi connectivity index (χ4n) is 5.26. The predicted octanol–water partition coefficient (Wildman–Crippen LogP) is 1.50. The van der Waals surface area contributed by atoms with Crippen LogP contribution in [0.25, 0.3) is 0 Å². The molecule has 42 heavy (non-hydrogen) atoms. The van der Waals surface area contributed by atoms with Crippen molar-refractivity contribution >= 4 is 40.7 Å². The number of fused-ring (bicyclic) bond motifs is 5. The van der Waals surface area contributed by atoms with Crippen LogP contribution in [0.1, 0.15) is 64.5 Å². The van der Waals surface area contributed by atoms with E-state index in [0.29, 0.717) is 16.1 Å². The lowest BCUT2D eigenvalue weighted by Gasteiger charge is -2.28. The molecule has 220 valence electrons. The Bertz CT molecular complexity index is 1500. The van der Waals surface area contributed by atoms with E-state index < -0.39 is 29.9 Å². The standard InChI is InChI=1S/C29H33N7O5S/c1-16(2)25-28(40)31-22(9-18-7-5-4-6-8-18)26(38)30-12-20-13-36(34-33-20)21-11-23(27(39)32-25)35(14-21)29(41)19-10-24(17(3)37)42-15-19/h4-8,10,13,15-16,21-23,25H,9,11-12,14H2,1-3H3,(H,30,38)(H,31,40)(H,32,39)/t21-,22+,23-,25-/m0/s1. The zero-order valence-electron chi connectivity index (χ0n) is 23.6. The zero-order valence-corrected chi connectivity index (χ0v) is 24.4. The third kappa shape index (κ3) is 6.25. The lowest BCUT2D eigenvalue weighted by Crippen LogP contribution is -2.58. The third-order valence-corrected chi connectivity index (χ3v) is 8.61. The van der Waals surface area contributed by atoms with Crippen molar-refractivity contribution in [2.75, 3.05) is 6.54 Å². The average Bonchev–Trinajstić information content (AvgIpc) is 3.73. The van der Waals surface area contributed by atoms with Crippen molar-refractivity contribution in [3.8, 4) is 0 Å². The van der Waals surface area contributed by atoms with Gasteiger partial charge < -0.3 is 20.9 Å². The van der Waals surface area contributed by atoms with Crippen LogP contribution in [0.15, 0.2) is 48.0 Å². The van der Waals surface area contributed by atoms with Gasteiger partial charge in [-0.15, -0.1) is 16.4 Å². The van der Waals surface area contributed by atoms with Gasteiger partial charge in [-0.2, -0.15) is 0 Å². The van der Waals surface area contributed by atoms with E-state index in [2.05, 4.69) is 26.3 Å². The molecule has 4 atom stereocenters. The van der Waals surface area contributed by atoms with Crippen LogP contribution in [0.5, 0.6) is 0 Å². The highest BCUT2D eigenvalue weighted by Crippen LogP contribution is 2.30.